The van der Waals surface area contributed by atoms with Crippen LogP contribution < -0.4 is 10.6 Å². The molecule has 2 aromatic rings. The van der Waals surface area contributed by atoms with E-state index in [0.29, 0.717) is 30.7 Å². The van der Waals surface area contributed by atoms with Crippen LogP contribution in [0.25, 0.3) is 0 Å². The van der Waals surface area contributed by atoms with Crippen molar-refractivity contribution in [1.29, 1.82) is 0 Å². The molecule has 5 nitrogen and oxygen atoms in total. The number of benzene rings is 1. The summed E-state index contributed by atoms with van der Waals surface area (Å²) in [4.78, 5) is 8.65. The average Bonchev–Trinajstić information content (AvgIpc) is 2.47. The molecule has 20 heavy (non-hydrogen) atoms. The van der Waals surface area contributed by atoms with Gasteiger partial charge in [-0.05, 0) is 31.2 Å². The van der Waals surface area contributed by atoms with Gasteiger partial charge in [0, 0.05) is 25.4 Å². The van der Waals surface area contributed by atoms with Crippen molar-refractivity contribution in [3.63, 3.8) is 0 Å². The van der Waals surface area contributed by atoms with Crippen molar-refractivity contribution in [1.82, 2.24) is 9.97 Å². The van der Waals surface area contributed by atoms with Crippen LogP contribution >= 0.6 is 0 Å². The molecule has 0 fully saturated rings. The molecule has 0 saturated heterocycles. The van der Waals surface area contributed by atoms with Gasteiger partial charge in [0.1, 0.15) is 24.1 Å². The van der Waals surface area contributed by atoms with Gasteiger partial charge in [0.15, 0.2) is 5.82 Å². The molecule has 0 radical (unpaired) electrons. The molecule has 0 amide bonds. The van der Waals surface area contributed by atoms with Crippen LogP contribution in [0.2, 0.25) is 0 Å². The summed E-state index contributed by atoms with van der Waals surface area (Å²) in [6.07, 6.45) is 0. The summed E-state index contributed by atoms with van der Waals surface area (Å²) >= 11 is 0. The highest BCUT2D eigenvalue weighted by atomic mass is 19.1. The summed E-state index contributed by atoms with van der Waals surface area (Å²) in [5.74, 6) is 1.64. The van der Waals surface area contributed by atoms with E-state index in [1.807, 2.05) is 6.92 Å². The Kier molecular flexibility index (Phi) is 4.84. The zero-order chi connectivity index (χ0) is 14.4. The van der Waals surface area contributed by atoms with Gasteiger partial charge in [-0.15, -0.1) is 0 Å². The van der Waals surface area contributed by atoms with Gasteiger partial charge in [0.05, 0.1) is 0 Å². The van der Waals surface area contributed by atoms with E-state index in [4.69, 9.17) is 4.74 Å². The summed E-state index contributed by atoms with van der Waals surface area (Å²) in [5.41, 5.74) is 0.759. The molecule has 0 unspecified atom stereocenters. The van der Waals surface area contributed by atoms with E-state index in [0.717, 1.165) is 5.69 Å². The fraction of sp³-hybridized carbons (Fsp3) is 0.286. The number of halogens is 1. The molecule has 106 valence electrons. The van der Waals surface area contributed by atoms with Gasteiger partial charge in [-0.25, -0.2) is 14.4 Å². The van der Waals surface area contributed by atoms with Crippen LogP contribution in [-0.2, 0) is 11.3 Å². The van der Waals surface area contributed by atoms with Crippen molar-refractivity contribution < 1.29 is 9.13 Å². The molecular formula is C14H17FN4O. The lowest BCUT2D eigenvalue weighted by molar-refractivity contribution is 0.128. The molecule has 0 saturated carbocycles. The summed E-state index contributed by atoms with van der Waals surface area (Å²) in [6.45, 7) is 2.87. The van der Waals surface area contributed by atoms with E-state index in [1.165, 1.54) is 12.1 Å². The molecule has 0 atom stereocenters. The van der Waals surface area contributed by atoms with Crippen LogP contribution in [0, 0.1) is 5.82 Å². The van der Waals surface area contributed by atoms with E-state index in [-0.39, 0.29) is 5.82 Å². The smallest absolute Gasteiger partial charge is 0.158 e. The second-order valence-corrected chi connectivity index (χ2v) is 4.07. The molecule has 6 heteroatoms. The SMILES string of the molecule is CCOCc1nc(NC)cc(Nc2ccc(F)cc2)n1. The van der Waals surface area contributed by atoms with Gasteiger partial charge in [-0.1, -0.05) is 0 Å². The van der Waals surface area contributed by atoms with Crippen LogP contribution in [0.3, 0.4) is 0 Å². The lowest BCUT2D eigenvalue weighted by atomic mass is 10.3. The zero-order valence-electron chi connectivity index (χ0n) is 11.5. The molecule has 0 spiro atoms. The van der Waals surface area contributed by atoms with E-state index in [1.54, 1.807) is 25.2 Å². The molecule has 1 aromatic carbocycles. The van der Waals surface area contributed by atoms with Gasteiger partial charge in [0.25, 0.3) is 0 Å². The number of hydrogen-bond acceptors (Lipinski definition) is 5. The van der Waals surface area contributed by atoms with Gasteiger partial charge in [-0.3, -0.25) is 0 Å². The molecule has 1 aromatic heterocycles. The Labute approximate surface area is 117 Å². The quantitative estimate of drug-likeness (QED) is 0.849. The van der Waals surface area contributed by atoms with Crippen molar-refractivity contribution in [3.8, 4) is 0 Å². The van der Waals surface area contributed by atoms with Crippen LogP contribution in [0.4, 0.5) is 21.7 Å². The zero-order valence-corrected chi connectivity index (χ0v) is 11.5. The van der Waals surface area contributed by atoms with Crippen LogP contribution in [0.15, 0.2) is 30.3 Å². The number of hydrogen-bond donors (Lipinski definition) is 2. The number of ether oxygens (including phenoxy) is 1. The normalized spacial score (nSPS) is 10.3. The van der Waals surface area contributed by atoms with Crippen molar-refractivity contribution in [2.24, 2.45) is 0 Å². The van der Waals surface area contributed by atoms with Crippen LogP contribution in [0.5, 0.6) is 0 Å². The van der Waals surface area contributed by atoms with Crippen molar-refractivity contribution in [3.05, 3.63) is 42.0 Å². The van der Waals surface area contributed by atoms with Crippen molar-refractivity contribution in [2.75, 3.05) is 24.3 Å². The van der Waals surface area contributed by atoms with Gasteiger partial charge in [0.2, 0.25) is 0 Å². The first-order valence-electron chi connectivity index (χ1n) is 6.37. The third kappa shape index (κ3) is 3.89. The largest absolute Gasteiger partial charge is 0.374 e. The number of anilines is 3. The summed E-state index contributed by atoms with van der Waals surface area (Å²) in [6, 6.07) is 7.86. The minimum absolute atomic E-state index is 0.272. The highest BCUT2D eigenvalue weighted by Gasteiger charge is 2.04. The lowest BCUT2D eigenvalue weighted by Gasteiger charge is -2.10. The summed E-state index contributed by atoms with van der Waals surface area (Å²) in [7, 11) is 1.79. The Hall–Kier alpha value is -2.21. The Bertz CT molecular complexity index is 560. The van der Waals surface area contributed by atoms with E-state index in [9.17, 15) is 4.39 Å². The van der Waals surface area contributed by atoms with Crippen molar-refractivity contribution >= 4 is 17.3 Å². The Balaban J connectivity index is 2.19. The molecule has 0 bridgehead atoms. The van der Waals surface area contributed by atoms with Crippen LogP contribution in [0.1, 0.15) is 12.7 Å². The van der Waals surface area contributed by atoms with Crippen molar-refractivity contribution in [2.45, 2.75) is 13.5 Å². The Morgan fingerprint density at radius 1 is 1.15 bits per heavy atom. The molecule has 1 heterocycles. The Morgan fingerprint density at radius 2 is 1.85 bits per heavy atom. The average molecular weight is 276 g/mol. The third-order valence-electron chi connectivity index (χ3n) is 2.58. The minimum Gasteiger partial charge on any atom is -0.374 e. The number of rotatable bonds is 6. The summed E-state index contributed by atoms with van der Waals surface area (Å²) in [5, 5.41) is 6.08. The molecular weight excluding hydrogens is 259 g/mol. The van der Waals surface area contributed by atoms with Gasteiger partial charge >= 0.3 is 0 Å². The predicted octanol–water partition coefficient (Wildman–Crippen LogP) is 2.94. The topological polar surface area (TPSA) is 59.1 Å². The van der Waals surface area contributed by atoms with E-state index < -0.39 is 0 Å². The molecule has 0 aliphatic carbocycles. The Morgan fingerprint density at radius 3 is 2.50 bits per heavy atom. The maximum atomic E-state index is 12.9. The molecule has 2 rings (SSSR count). The number of nitrogens with one attached hydrogen (secondary N) is 2. The molecule has 0 aliphatic rings. The standard InChI is InChI=1S/C14H17FN4O/c1-3-20-9-14-18-12(16-2)8-13(19-14)17-11-6-4-10(15)5-7-11/h4-8H,3,9H2,1-2H3,(H2,16,17,18,19). The first-order valence-corrected chi connectivity index (χ1v) is 6.37. The minimum atomic E-state index is -0.272. The van der Waals surface area contributed by atoms with E-state index in [2.05, 4.69) is 20.6 Å². The second-order valence-electron chi connectivity index (χ2n) is 4.07. The van der Waals surface area contributed by atoms with E-state index >= 15 is 0 Å². The molecule has 2 N–H and O–H groups in total. The number of nitrogens with zero attached hydrogens (tertiary/aromatic N) is 2. The maximum absolute atomic E-state index is 12.9. The fourth-order valence-electron chi connectivity index (χ4n) is 1.63. The highest BCUT2D eigenvalue weighted by molar-refractivity contribution is 5.58. The fourth-order valence-corrected chi connectivity index (χ4v) is 1.63. The second kappa shape index (κ2) is 6.81. The highest BCUT2D eigenvalue weighted by Crippen LogP contribution is 2.18. The number of aromatic nitrogens is 2. The van der Waals surface area contributed by atoms with Gasteiger partial charge < -0.3 is 15.4 Å². The van der Waals surface area contributed by atoms with Gasteiger partial charge in [-0.2, -0.15) is 0 Å². The predicted molar refractivity (Wildman–Crippen MR) is 76.6 cm³/mol. The molecule has 0 aliphatic heterocycles. The summed E-state index contributed by atoms with van der Waals surface area (Å²) < 4.78 is 18.2. The maximum Gasteiger partial charge on any atom is 0.158 e. The first kappa shape index (κ1) is 14.2. The monoisotopic (exact) mass is 276 g/mol. The third-order valence-corrected chi connectivity index (χ3v) is 2.58. The lowest BCUT2D eigenvalue weighted by Crippen LogP contribution is -2.05. The van der Waals surface area contributed by atoms with Crippen LogP contribution in [-0.4, -0.2) is 23.6 Å². The first-order chi connectivity index (χ1) is 9.71.